The quantitative estimate of drug-likeness (QED) is 0.719. The molecular weight excluding hydrogens is 401 g/mol. The van der Waals surface area contributed by atoms with Crippen LogP contribution in [0.5, 0.6) is 0 Å². The second-order valence-electron chi connectivity index (χ2n) is 8.03. The summed E-state index contributed by atoms with van der Waals surface area (Å²) in [6.07, 6.45) is 5.50. The molecule has 8 heteroatoms. The lowest BCUT2D eigenvalue weighted by Crippen LogP contribution is -2.60. The Balaban J connectivity index is 1.45. The van der Waals surface area contributed by atoms with Crippen molar-refractivity contribution in [2.24, 2.45) is 0 Å². The van der Waals surface area contributed by atoms with Crippen LogP contribution in [0.1, 0.15) is 45.4 Å². The second-order valence-corrected chi connectivity index (χ2v) is 8.85. The van der Waals surface area contributed by atoms with Crippen LogP contribution in [-0.4, -0.2) is 52.7 Å². The fourth-order valence-corrected chi connectivity index (χ4v) is 5.57. The Labute approximate surface area is 175 Å². The molecule has 4 rings (SSSR count). The Hall–Kier alpha value is -1.50. The van der Waals surface area contributed by atoms with Crippen molar-refractivity contribution in [3.8, 4) is 0 Å². The average Bonchev–Trinajstić information content (AvgIpc) is 3.24. The van der Waals surface area contributed by atoms with Crippen molar-refractivity contribution in [1.29, 1.82) is 0 Å². The van der Waals surface area contributed by atoms with Crippen molar-refractivity contribution in [2.45, 2.75) is 56.7 Å². The number of carbonyl (C=O) groups excluding carboxylic acids is 2. The van der Waals surface area contributed by atoms with Crippen LogP contribution in [0.2, 0.25) is 10.0 Å². The maximum absolute atomic E-state index is 12.7. The molecule has 2 heterocycles. The minimum Gasteiger partial charge on any atom is -0.353 e. The third kappa shape index (κ3) is 3.25. The van der Waals surface area contributed by atoms with E-state index in [1.807, 2.05) is 4.90 Å². The van der Waals surface area contributed by atoms with Crippen molar-refractivity contribution < 1.29 is 14.3 Å². The van der Waals surface area contributed by atoms with E-state index in [0.717, 1.165) is 25.7 Å². The van der Waals surface area contributed by atoms with E-state index >= 15 is 0 Å². The van der Waals surface area contributed by atoms with Gasteiger partial charge in [-0.3, -0.25) is 4.79 Å². The molecule has 3 amide bonds. The molecule has 0 radical (unpaired) electrons. The Morgan fingerprint density at radius 1 is 1.07 bits per heavy atom. The summed E-state index contributed by atoms with van der Waals surface area (Å²) in [6, 6.07) is 4.86. The number of ether oxygens (including phenoxy) is 1. The number of carbonyl (C=O) groups is 2. The molecule has 3 fully saturated rings. The number of piperidine rings is 1. The molecule has 28 heavy (non-hydrogen) atoms. The highest BCUT2D eigenvalue weighted by molar-refractivity contribution is 6.39. The normalized spacial score (nSPS) is 22.8. The van der Waals surface area contributed by atoms with Crippen LogP contribution >= 0.6 is 23.2 Å². The van der Waals surface area contributed by atoms with Crippen molar-refractivity contribution in [3.05, 3.63) is 28.2 Å². The van der Waals surface area contributed by atoms with Crippen LogP contribution in [0.25, 0.3) is 0 Å². The lowest BCUT2D eigenvalue weighted by molar-refractivity contribution is -0.160. The summed E-state index contributed by atoms with van der Waals surface area (Å²) in [6.45, 7) is 3.25. The van der Waals surface area contributed by atoms with E-state index in [-0.39, 0.29) is 17.5 Å². The van der Waals surface area contributed by atoms with Gasteiger partial charge in [0, 0.05) is 32.9 Å². The molecule has 1 N–H and O–H groups in total. The number of halogens is 2. The van der Waals surface area contributed by atoms with Crippen molar-refractivity contribution in [3.63, 3.8) is 0 Å². The van der Waals surface area contributed by atoms with Gasteiger partial charge in [0.15, 0.2) is 0 Å². The SMILES string of the molecule is CC(=O)N1C2(CCCC2)COC12CCN(C(=O)Nc1c(Cl)cccc1Cl)CC2. The predicted molar refractivity (Wildman–Crippen MR) is 109 cm³/mol. The van der Waals surface area contributed by atoms with Crippen molar-refractivity contribution in [2.75, 3.05) is 25.0 Å². The monoisotopic (exact) mass is 425 g/mol. The average molecular weight is 426 g/mol. The molecule has 0 unspecified atom stereocenters. The van der Waals surface area contributed by atoms with Crippen LogP contribution in [0.3, 0.4) is 0 Å². The number of likely N-dealkylation sites (tertiary alicyclic amines) is 1. The van der Waals surface area contributed by atoms with Crippen LogP contribution < -0.4 is 5.32 Å². The fourth-order valence-electron chi connectivity index (χ4n) is 5.08. The maximum atomic E-state index is 12.7. The summed E-state index contributed by atoms with van der Waals surface area (Å²) < 4.78 is 6.28. The molecule has 152 valence electrons. The number of anilines is 1. The van der Waals surface area contributed by atoms with E-state index in [4.69, 9.17) is 27.9 Å². The molecule has 1 aliphatic carbocycles. The highest BCUT2D eigenvalue weighted by Crippen LogP contribution is 2.49. The molecule has 1 aromatic carbocycles. The Morgan fingerprint density at radius 2 is 1.68 bits per heavy atom. The lowest BCUT2D eigenvalue weighted by atomic mass is 9.91. The van der Waals surface area contributed by atoms with Crippen LogP contribution in [0.15, 0.2) is 18.2 Å². The first-order valence-electron chi connectivity index (χ1n) is 9.82. The molecule has 0 bridgehead atoms. The molecule has 1 saturated carbocycles. The number of nitrogens with one attached hydrogen (secondary N) is 1. The summed E-state index contributed by atoms with van der Waals surface area (Å²) in [5, 5.41) is 3.62. The standard InChI is InChI=1S/C20H25Cl2N3O3/c1-14(26)25-19(7-2-3-8-19)13-28-20(25)9-11-24(12-10-20)18(27)23-17-15(21)5-4-6-16(17)22/h4-6H,2-3,7-13H2,1H3,(H,23,27). The van der Waals surface area contributed by atoms with Gasteiger partial charge in [-0.25, -0.2) is 4.79 Å². The number of urea groups is 1. The zero-order chi connectivity index (χ0) is 19.9. The molecule has 0 atom stereocenters. The second kappa shape index (κ2) is 7.39. The Morgan fingerprint density at radius 3 is 2.25 bits per heavy atom. The van der Waals surface area contributed by atoms with Crippen molar-refractivity contribution in [1.82, 2.24) is 9.80 Å². The molecule has 6 nitrogen and oxygen atoms in total. The summed E-state index contributed by atoms with van der Waals surface area (Å²) in [7, 11) is 0. The predicted octanol–water partition coefficient (Wildman–Crippen LogP) is 4.51. The number of benzene rings is 1. The highest BCUT2D eigenvalue weighted by atomic mass is 35.5. The number of rotatable bonds is 1. The molecule has 3 aliphatic rings. The van der Waals surface area contributed by atoms with Gasteiger partial charge in [0.05, 0.1) is 27.9 Å². The lowest BCUT2D eigenvalue weighted by Gasteiger charge is -2.47. The number of hydrogen-bond donors (Lipinski definition) is 1. The number of para-hydroxylation sites is 1. The third-order valence-corrected chi connectivity index (χ3v) is 7.00. The van der Waals surface area contributed by atoms with Gasteiger partial charge in [-0.2, -0.15) is 0 Å². The zero-order valence-corrected chi connectivity index (χ0v) is 17.5. The van der Waals surface area contributed by atoms with Gasteiger partial charge < -0.3 is 19.9 Å². The first kappa shape index (κ1) is 19.8. The minimum absolute atomic E-state index is 0.0696. The number of nitrogens with zero attached hydrogens (tertiary/aromatic N) is 2. The van der Waals surface area contributed by atoms with Crippen LogP contribution in [0.4, 0.5) is 10.5 Å². The zero-order valence-electron chi connectivity index (χ0n) is 16.0. The van der Waals surface area contributed by atoms with E-state index < -0.39 is 5.72 Å². The smallest absolute Gasteiger partial charge is 0.321 e. The van der Waals surface area contributed by atoms with Gasteiger partial charge in [0.25, 0.3) is 0 Å². The van der Waals surface area contributed by atoms with Gasteiger partial charge in [0.2, 0.25) is 5.91 Å². The molecule has 1 aromatic rings. The van der Waals surface area contributed by atoms with E-state index in [1.54, 1.807) is 30.0 Å². The minimum atomic E-state index is -0.588. The van der Waals surface area contributed by atoms with Gasteiger partial charge in [-0.1, -0.05) is 42.1 Å². The Kier molecular flexibility index (Phi) is 5.23. The molecular formula is C20H25Cl2N3O3. The topological polar surface area (TPSA) is 61.9 Å². The van der Waals surface area contributed by atoms with Gasteiger partial charge in [-0.05, 0) is 25.0 Å². The largest absolute Gasteiger partial charge is 0.353 e. The summed E-state index contributed by atoms with van der Waals surface area (Å²) in [5.74, 6) is 0.0696. The third-order valence-electron chi connectivity index (χ3n) is 6.37. The fraction of sp³-hybridized carbons (Fsp3) is 0.600. The first-order chi connectivity index (χ1) is 13.4. The van der Waals surface area contributed by atoms with Crippen molar-refractivity contribution >= 4 is 40.8 Å². The molecule has 2 spiro atoms. The molecule has 2 aliphatic heterocycles. The number of amides is 3. The van der Waals surface area contributed by atoms with E-state index in [0.29, 0.717) is 48.3 Å². The van der Waals surface area contributed by atoms with E-state index in [2.05, 4.69) is 5.32 Å². The van der Waals surface area contributed by atoms with E-state index in [9.17, 15) is 9.59 Å². The van der Waals surface area contributed by atoms with E-state index in [1.165, 1.54) is 0 Å². The summed E-state index contributed by atoms with van der Waals surface area (Å²) >= 11 is 12.3. The van der Waals surface area contributed by atoms with Crippen LogP contribution in [0, 0.1) is 0 Å². The van der Waals surface area contributed by atoms with Gasteiger partial charge in [0.1, 0.15) is 5.72 Å². The summed E-state index contributed by atoms with van der Waals surface area (Å²) in [4.78, 5) is 29.0. The highest BCUT2D eigenvalue weighted by Gasteiger charge is 2.58. The number of hydrogen-bond acceptors (Lipinski definition) is 3. The van der Waals surface area contributed by atoms with Crippen LogP contribution in [-0.2, 0) is 9.53 Å². The van der Waals surface area contributed by atoms with Gasteiger partial charge >= 0.3 is 6.03 Å². The summed E-state index contributed by atoms with van der Waals surface area (Å²) in [5.41, 5.74) is -0.320. The first-order valence-corrected chi connectivity index (χ1v) is 10.6. The van der Waals surface area contributed by atoms with Gasteiger partial charge in [-0.15, -0.1) is 0 Å². The molecule has 0 aromatic heterocycles. The molecule has 2 saturated heterocycles. The maximum Gasteiger partial charge on any atom is 0.321 e. The Bertz CT molecular complexity index is 767.